The SMILES string of the molecule is CCCCCCCCCCCCCCCCCC(=O)OC[C@H](COP(=O)(O)OC[C@@H](O)COP(=O)(O)OC[C@@H](COC(=O)CCCCCCCCCCC(C)C)OC(=O)CCCCCCCCCCCCCC)OC(=O)CCCCCCCCCCCCCCCCCCCCC(C)C. The molecule has 0 aliphatic rings. The number of aliphatic hydroxyl groups is 1. The fourth-order valence-electron chi connectivity index (χ4n) is 12.4. The van der Waals surface area contributed by atoms with Crippen LogP contribution in [0, 0.1) is 11.8 Å². The molecular formula is C80H156O17P2. The molecule has 0 aliphatic heterocycles. The van der Waals surface area contributed by atoms with Crippen LogP contribution in [0.3, 0.4) is 0 Å². The molecule has 0 heterocycles. The summed E-state index contributed by atoms with van der Waals surface area (Å²) in [7, 11) is -9.92. The van der Waals surface area contributed by atoms with Gasteiger partial charge in [0.1, 0.15) is 19.3 Å². The lowest BCUT2D eigenvalue weighted by atomic mass is 10.0. The van der Waals surface area contributed by atoms with Gasteiger partial charge in [0, 0.05) is 25.7 Å². The first-order chi connectivity index (χ1) is 47.9. The van der Waals surface area contributed by atoms with Gasteiger partial charge in [-0.25, -0.2) is 9.13 Å². The standard InChI is InChI=1S/C80H156O17P2/c1-7-9-11-13-15-17-19-21-26-30-34-37-44-50-56-62-77(82)90-68-75(96-80(85)65-59-53-47-39-35-31-28-25-23-22-24-27-29-32-36-42-48-54-60-72(3)4)70-94-98(86,87)92-66-74(81)67-93-99(88,89)95-71-76(69-91-78(83)63-57-51-45-41-40-43-49-55-61-73(5)6)97-79(84)64-58-52-46-38-33-20-18-16-14-12-10-8-2/h72-76,81H,7-71H2,1-6H3,(H,86,87)(H,88,89)/t74-,75-,76-/m1/s1. The molecule has 0 aliphatic carbocycles. The summed E-state index contributed by atoms with van der Waals surface area (Å²) in [6.45, 7) is 9.63. The molecule has 0 bridgehead atoms. The number of hydrogen-bond acceptors (Lipinski definition) is 15. The van der Waals surface area contributed by atoms with E-state index in [1.807, 2.05) is 0 Å². The molecule has 0 saturated carbocycles. The molecule has 0 aromatic carbocycles. The van der Waals surface area contributed by atoms with Gasteiger partial charge in [0.2, 0.25) is 0 Å². The van der Waals surface area contributed by atoms with Gasteiger partial charge in [0.05, 0.1) is 26.4 Å². The normalized spacial score (nSPS) is 13.9. The number of rotatable bonds is 79. The van der Waals surface area contributed by atoms with Crippen molar-refractivity contribution in [2.45, 2.75) is 439 Å². The lowest BCUT2D eigenvalue weighted by Crippen LogP contribution is -2.30. The molecule has 2 unspecified atom stereocenters. The van der Waals surface area contributed by atoms with Gasteiger partial charge in [-0.05, 0) is 37.5 Å². The maximum atomic E-state index is 13.1. The molecule has 5 atom stereocenters. The fraction of sp³-hybridized carbons (Fsp3) is 0.950. The van der Waals surface area contributed by atoms with E-state index in [0.717, 1.165) is 102 Å². The van der Waals surface area contributed by atoms with E-state index in [0.29, 0.717) is 25.7 Å². The highest BCUT2D eigenvalue weighted by atomic mass is 31.2. The molecule has 0 aromatic rings. The maximum absolute atomic E-state index is 13.1. The number of hydrogen-bond donors (Lipinski definition) is 3. The van der Waals surface area contributed by atoms with Crippen LogP contribution in [0.4, 0.5) is 0 Å². The van der Waals surface area contributed by atoms with Crippen molar-refractivity contribution in [1.82, 2.24) is 0 Å². The Morgan fingerprint density at radius 1 is 0.273 bits per heavy atom. The van der Waals surface area contributed by atoms with Crippen molar-refractivity contribution in [3.8, 4) is 0 Å². The zero-order valence-electron chi connectivity index (χ0n) is 64.8. The zero-order valence-corrected chi connectivity index (χ0v) is 66.6. The number of carbonyl (C=O) groups excluding carboxylic acids is 4. The summed E-state index contributed by atoms with van der Waals surface area (Å²) < 4.78 is 68.7. The van der Waals surface area contributed by atoms with Crippen LogP contribution in [-0.2, 0) is 65.4 Å². The minimum atomic E-state index is -4.96. The van der Waals surface area contributed by atoms with E-state index >= 15 is 0 Å². The van der Waals surface area contributed by atoms with Gasteiger partial charge in [-0.3, -0.25) is 37.3 Å². The minimum Gasteiger partial charge on any atom is -0.462 e. The Labute approximate surface area is 607 Å². The van der Waals surface area contributed by atoms with Crippen molar-refractivity contribution < 1.29 is 80.2 Å². The summed E-state index contributed by atoms with van der Waals surface area (Å²) in [5, 5.41) is 10.6. The average molecular weight is 1450 g/mol. The van der Waals surface area contributed by atoms with Gasteiger partial charge in [-0.1, -0.05) is 369 Å². The van der Waals surface area contributed by atoms with Crippen molar-refractivity contribution >= 4 is 39.5 Å². The Balaban J connectivity index is 5.22. The summed E-state index contributed by atoms with van der Waals surface area (Å²) >= 11 is 0. The van der Waals surface area contributed by atoms with Crippen molar-refractivity contribution in [1.29, 1.82) is 0 Å². The third-order valence-corrected chi connectivity index (χ3v) is 20.6. The number of esters is 4. The van der Waals surface area contributed by atoms with E-state index in [-0.39, 0.29) is 25.7 Å². The van der Waals surface area contributed by atoms with E-state index in [4.69, 9.17) is 37.0 Å². The number of aliphatic hydroxyl groups excluding tert-OH is 1. The van der Waals surface area contributed by atoms with Crippen LogP contribution in [-0.4, -0.2) is 96.7 Å². The topological polar surface area (TPSA) is 237 Å². The van der Waals surface area contributed by atoms with Gasteiger partial charge in [0.25, 0.3) is 0 Å². The Morgan fingerprint density at radius 3 is 0.687 bits per heavy atom. The van der Waals surface area contributed by atoms with E-state index in [9.17, 15) is 43.2 Å². The van der Waals surface area contributed by atoms with Gasteiger partial charge >= 0.3 is 39.5 Å². The zero-order chi connectivity index (χ0) is 72.8. The fourth-order valence-corrected chi connectivity index (χ4v) is 13.9. The van der Waals surface area contributed by atoms with Gasteiger partial charge in [-0.2, -0.15) is 0 Å². The lowest BCUT2D eigenvalue weighted by molar-refractivity contribution is -0.161. The highest BCUT2D eigenvalue weighted by Gasteiger charge is 2.30. The minimum absolute atomic E-state index is 0.107. The van der Waals surface area contributed by atoms with E-state index in [2.05, 4.69) is 41.5 Å². The number of phosphoric acid groups is 2. The lowest BCUT2D eigenvalue weighted by Gasteiger charge is -2.21. The molecule has 3 N–H and O–H groups in total. The smallest absolute Gasteiger partial charge is 0.462 e. The van der Waals surface area contributed by atoms with E-state index in [1.165, 1.54) is 238 Å². The molecule has 0 amide bonds. The molecule has 0 rings (SSSR count). The van der Waals surface area contributed by atoms with Crippen LogP contribution in [0.25, 0.3) is 0 Å². The molecule has 17 nitrogen and oxygen atoms in total. The molecule has 0 radical (unpaired) electrons. The van der Waals surface area contributed by atoms with E-state index in [1.54, 1.807) is 0 Å². The van der Waals surface area contributed by atoms with Crippen molar-refractivity contribution in [2.24, 2.45) is 11.8 Å². The van der Waals surface area contributed by atoms with Crippen LogP contribution in [0.5, 0.6) is 0 Å². The predicted octanol–water partition coefficient (Wildman–Crippen LogP) is 23.9. The molecule has 0 saturated heterocycles. The summed E-state index contributed by atoms with van der Waals surface area (Å²) in [5.41, 5.74) is 0. The number of unbranched alkanes of at least 4 members (excludes halogenated alkanes) is 49. The summed E-state index contributed by atoms with van der Waals surface area (Å²) in [5.74, 6) is -0.562. The van der Waals surface area contributed by atoms with E-state index < -0.39 is 97.5 Å². The molecular weight excluding hydrogens is 1290 g/mol. The monoisotopic (exact) mass is 1450 g/mol. The largest absolute Gasteiger partial charge is 0.472 e. The third kappa shape index (κ3) is 74.1. The molecule has 99 heavy (non-hydrogen) atoms. The van der Waals surface area contributed by atoms with Crippen LogP contribution >= 0.6 is 15.6 Å². The molecule has 0 spiro atoms. The quantitative estimate of drug-likeness (QED) is 0.0222. The summed E-state index contributed by atoms with van der Waals surface area (Å²) in [6.07, 6.45) is 61.0. The van der Waals surface area contributed by atoms with Crippen molar-refractivity contribution in [3.05, 3.63) is 0 Å². The number of carbonyl (C=O) groups is 4. The van der Waals surface area contributed by atoms with Crippen molar-refractivity contribution in [3.63, 3.8) is 0 Å². The van der Waals surface area contributed by atoms with Crippen LogP contribution in [0.1, 0.15) is 420 Å². The first kappa shape index (κ1) is 97.1. The average Bonchev–Trinajstić information content (AvgIpc) is 0.981. The second kappa shape index (κ2) is 71.7. The number of phosphoric ester groups is 2. The predicted molar refractivity (Wildman–Crippen MR) is 405 cm³/mol. The maximum Gasteiger partial charge on any atom is 0.472 e. The Bertz CT molecular complexity index is 1910. The second-order valence-corrected chi connectivity index (χ2v) is 32.7. The molecule has 19 heteroatoms. The van der Waals surface area contributed by atoms with Crippen LogP contribution < -0.4 is 0 Å². The second-order valence-electron chi connectivity index (χ2n) is 29.8. The van der Waals surface area contributed by atoms with Gasteiger partial charge in [0.15, 0.2) is 12.2 Å². The molecule has 0 fully saturated rings. The van der Waals surface area contributed by atoms with Gasteiger partial charge in [-0.15, -0.1) is 0 Å². The summed E-state index contributed by atoms with van der Waals surface area (Å²) in [6, 6.07) is 0. The van der Waals surface area contributed by atoms with Crippen molar-refractivity contribution in [2.75, 3.05) is 39.6 Å². The number of ether oxygens (including phenoxy) is 4. The third-order valence-electron chi connectivity index (χ3n) is 18.7. The first-order valence-electron chi connectivity index (χ1n) is 41.5. The highest BCUT2D eigenvalue weighted by molar-refractivity contribution is 7.47. The first-order valence-corrected chi connectivity index (χ1v) is 44.5. The molecule has 0 aromatic heterocycles. The Morgan fingerprint density at radius 2 is 0.465 bits per heavy atom. The van der Waals surface area contributed by atoms with Gasteiger partial charge < -0.3 is 33.8 Å². The Kier molecular flexibility index (Phi) is 70.3. The van der Waals surface area contributed by atoms with Crippen LogP contribution in [0.2, 0.25) is 0 Å². The summed E-state index contributed by atoms with van der Waals surface area (Å²) in [4.78, 5) is 73.0. The Hall–Kier alpha value is -1.94. The van der Waals surface area contributed by atoms with Crippen LogP contribution in [0.15, 0.2) is 0 Å². The molecule has 588 valence electrons. The highest BCUT2D eigenvalue weighted by Crippen LogP contribution is 2.45.